The SMILES string of the molecule is CC1=c2c(cccc2=[Si](C)C)C=C1C1=CC=C(C(C)(C)C)C1. The number of hydrogen-bond acceptors (Lipinski definition) is 0. The third kappa shape index (κ3) is 2.52. The van der Waals surface area contributed by atoms with Crippen molar-refractivity contribution in [2.24, 2.45) is 5.41 Å². The third-order valence-electron chi connectivity index (χ3n) is 4.89. The molecule has 0 amide bonds. The van der Waals surface area contributed by atoms with Crippen molar-refractivity contribution in [3.05, 3.63) is 62.7 Å². The first kappa shape index (κ1) is 15.4. The summed E-state index contributed by atoms with van der Waals surface area (Å²) >= 11 is 0. The van der Waals surface area contributed by atoms with Gasteiger partial charge in [0, 0.05) is 8.41 Å². The van der Waals surface area contributed by atoms with E-state index in [9.17, 15) is 0 Å². The van der Waals surface area contributed by atoms with Gasteiger partial charge in [-0.2, -0.15) is 0 Å². The molecule has 0 radical (unpaired) electrons. The van der Waals surface area contributed by atoms with Crippen LogP contribution in [0.15, 0.2) is 47.1 Å². The van der Waals surface area contributed by atoms with Crippen LogP contribution in [-0.2, 0) is 0 Å². The fourth-order valence-electron chi connectivity index (χ4n) is 3.48. The lowest BCUT2D eigenvalue weighted by Gasteiger charge is -2.21. The van der Waals surface area contributed by atoms with Crippen molar-refractivity contribution in [1.29, 1.82) is 0 Å². The molecule has 22 heavy (non-hydrogen) atoms. The molecule has 1 aromatic rings. The van der Waals surface area contributed by atoms with Gasteiger partial charge in [-0.1, -0.05) is 69.8 Å². The predicted octanol–water partition coefficient (Wildman–Crippen LogP) is 5.14. The number of allylic oxidation sites excluding steroid dienone is 5. The highest BCUT2D eigenvalue weighted by Gasteiger charge is 2.24. The molecule has 2 aliphatic carbocycles. The fourth-order valence-corrected chi connectivity index (χ4v) is 4.74. The molecule has 0 fully saturated rings. The first-order valence-corrected chi connectivity index (χ1v) is 10.7. The van der Waals surface area contributed by atoms with E-state index in [2.05, 4.69) is 77.2 Å². The summed E-state index contributed by atoms with van der Waals surface area (Å²) in [5.74, 6) is 0. The van der Waals surface area contributed by atoms with Crippen molar-refractivity contribution >= 4 is 20.1 Å². The van der Waals surface area contributed by atoms with Crippen molar-refractivity contribution in [2.45, 2.75) is 47.2 Å². The molecule has 0 nitrogen and oxygen atoms in total. The third-order valence-corrected chi connectivity index (χ3v) is 6.38. The molecule has 0 saturated carbocycles. The maximum atomic E-state index is 2.41. The summed E-state index contributed by atoms with van der Waals surface area (Å²) in [4.78, 5) is 1.58. The minimum atomic E-state index is -0.435. The van der Waals surface area contributed by atoms with E-state index < -0.39 is 8.41 Å². The van der Waals surface area contributed by atoms with Gasteiger partial charge in [0.1, 0.15) is 0 Å². The van der Waals surface area contributed by atoms with Crippen molar-refractivity contribution in [3.63, 3.8) is 0 Å². The molecule has 0 bridgehead atoms. The molecular weight excluding hydrogens is 280 g/mol. The standard InChI is InChI=1S/C21H26Si/c1-14-18(15-10-11-17(12-15)21(2,3)4)13-16-8-7-9-19(20(14)16)22(5)6/h7-11,13H,12H2,1-6H3. The van der Waals surface area contributed by atoms with Gasteiger partial charge < -0.3 is 0 Å². The van der Waals surface area contributed by atoms with Crippen LogP contribution >= 0.6 is 0 Å². The highest BCUT2D eigenvalue weighted by molar-refractivity contribution is 6.47. The minimum Gasteiger partial charge on any atom is -0.0619 e. The molecule has 0 N–H and O–H groups in total. The van der Waals surface area contributed by atoms with Gasteiger partial charge >= 0.3 is 0 Å². The Morgan fingerprint density at radius 3 is 2.36 bits per heavy atom. The molecule has 3 rings (SSSR count). The molecule has 0 atom stereocenters. The summed E-state index contributed by atoms with van der Waals surface area (Å²) < 4.78 is 0. The first-order chi connectivity index (χ1) is 10.3. The average molecular weight is 307 g/mol. The van der Waals surface area contributed by atoms with E-state index in [0.717, 1.165) is 6.42 Å². The van der Waals surface area contributed by atoms with Gasteiger partial charge in [0.15, 0.2) is 0 Å². The van der Waals surface area contributed by atoms with Gasteiger partial charge in [0.05, 0.1) is 0 Å². The lowest BCUT2D eigenvalue weighted by molar-refractivity contribution is 0.495. The molecule has 1 heteroatoms. The largest absolute Gasteiger partial charge is 0.0619 e. The van der Waals surface area contributed by atoms with Gasteiger partial charge in [-0.15, -0.1) is 0 Å². The molecule has 0 aliphatic heterocycles. The Balaban J connectivity index is 2.05. The molecule has 0 unspecified atom stereocenters. The maximum Gasteiger partial charge on any atom is 0.0136 e. The molecule has 2 aliphatic rings. The average Bonchev–Trinajstić information content (AvgIpc) is 3.03. The molecule has 0 saturated heterocycles. The second-order valence-corrected chi connectivity index (χ2v) is 10.3. The van der Waals surface area contributed by atoms with E-state index in [0.29, 0.717) is 0 Å². The van der Waals surface area contributed by atoms with Gasteiger partial charge in [0.25, 0.3) is 0 Å². The number of fused-ring (bicyclic) bond motifs is 1. The van der Waals surface area contributed by atoms with Gasteiger partial charge in [-0.05, 0) is 57.2 Å². The Morgan fingerprint density at radius 2 is 1.77 bits per heavy atom. The lowest BCUT2D eigenvalue weighted by Crippen LogP contribution is -2.12. The Bertz CT molecular complexity index is 848. The molecular formula is C21H26Si. The zero-order valence-corrected chi connectivity index (χ0v) is 15.7. The molecule has 0 spiro atoms. The monoisotopic (exact) mass is 306 g/mol. The Labute approximate surface area is 135 Å². The van der Waals surface area contributed by atoms with Crippen LogP contribution < -0.4 is 5.22 Å². The molecule has 0 heterocycles. The topological polar surface area (TPSA) is 0 Å². The molecule has 114 valence electrons. The second kappa shape index (κ2) is 5.31. The van der Waals surface area contributed by atoms with E-state index in [1.165, 1.54) is 27.5 Å². The fraction of sp³-hybridized carbons (Fsp3) is 0.381. The van der Waals surface area contributed by atoms with E-state index in [4.69, 9.17) is 0 Å². The Kier molecular flexibility index (Phi) is 3.72. The predicted molar refractivity (Wildman–Crippen MR) is 99.7 cm³/mol. The summed E-state index contributed by atoms with van der Waals surface area (Å²) in [5, 5.41) is 1.52. The van der Waals surface area contributed by atoms with Gasteiger partial charge in [-0.3, -0.25) is 0 Å². The van der Waals surface area contributed by atoms with Crippen LogP contribution in [0.25, 0.3) is 11.6 Å². The van der Waals surface area contributed by atoms with Crippen LogP contribution in [0.1, 0.15) is 39.7 Å². The lowest BCUT2D eigenvalue weighted by atomic mass is 9.84. The normalized spacial score (nSPS) is 17.2. The van der Waals surface area contributed by atoms with E-state index >= 15 is 0 Å². The van der Waals surface area contributed by atoms with Crippen LogP contribution in [0, 0.1) is 10.2 Å². The highest BCUT2D eigenvalue weighted by Crippen LogP contribution is 2.39. The summed E-state index contributed by atoms with van der Waals surface area (Å²) in [6.07, 6.45) is 8.18. The van der Waals surface area contributed by atoms with Gasteiger partial charge in [-0.25, -0.2) is 0 Å². The zero-order valence-electron chi connectivity index (χ0n) is 14.7. The highest BCUT2D eigenvalue weighted by atomic mass is 28.2. The van der Waals surface area contributed by atoms with Crippen LogP contribution in [0.2, 0.25) is 13.1 Å². The van der Waals surface area contributed by atoms with E-state index in [1.807, 2.05) is 0 Å². The van der Waals surface area contributed by atoms with Crippen molar-refractivity contribution in [1.82, 2.24) is 0 Å². The first-order valence-electron chi connectivity index (χ1n) is 8.19. The number of rotatable bonds is 1. The van der Waals surface area contributed by atoms with Crippen LogP contribution in [-0.4, -0.2) is 8.41 Å². The Morgan fingerprint density at radius 1 is 1.05 bits per heavy atom. The smallest absolute Gasteiger partial charge is 0.0136 e. The van der Waals surface area contributed by atoms with Crippen molar-refractivity contribution in [3.8, 4) is 0 Å². The van der Waals surface area contributed by atoms with Crippen molar-refractivity contribution < 1.29 is 0 Å². The van der Waals surface area contributed by atoms with Crippen LogP contribution in [0.4, 0.5) is 0 Å². The maximum absolute atomic E-state index is 2.41. The zero-order chi connectivity index (χ0) is 16.1. The summed E-state index contributed by atoms with van der Waals surface area (Å²) in [6, 6.07) is 6.82. The quantitative estimate of drug-likeness (QED) is 0.630. The minimum absolute atomic E-state index is 0.270. The van der Waals surface area contributed by atoms with E-state index in [-0.39, 0.29) is 5.41 Å². The molecule has 1 aromatic carbocycles. The number of hydrogen-bond donors (Lipinski definition) is 0. The number of benzene rings is 1. The van der Waals surface area contributed by atoms with Gasteiger partial charge in [0.2, 0.25) is 0 Å². The summed E-state index contributed by atoms with van der Waals surface area (Å²) in [5.41, 5.74) is 7.66. The molecule has 0 aromatic heterocycles. The van der Waals surface area contributed by atoms with Crippen LogP contribution in [0.3, 0.4) is 0 Å². The van der Waals surface area contributed by atoms with Crippen LogP contribution in [0.5, 0.6) is 0 Å². The summed E-state index contributed by atoms with van der Waals surface area (Å²) in [6.45, 7) is 14.0. The van der Waals surface area contributed by atoms with E-state index in [1.54, 1.807) is 10.4 Å². The Hall–Kier alpha value is -1.47. The second-order valence-electron chi connectivity index (χ2n) is 7.76. The van der Waals surface area contributed by atoms with Crippen molar-refractivity contribution in [2.75, 3.05) is 0 Å². The summed E-state index contributed by atoms with van der Waals surface area (Å²) in [7, 11) is -0.435.